The molecule has 2 saturated heterocycles. The van der Waals surface area contributed by atoms with Gasteiger partial charge in [-0.15, -0.1) is 0 Å². The van der Waals surface area contributed by atoms with E-state index in [0.717, 1.165) is 13.1 Å². The van der Waals surface area contributed by atoms with E-state index in [9.17, 15) is 4.79 Å². The third-order valence-corrected chi connectivity index (χ3v) is 5.03. The molecular formula is C16H17N3O2S. The number of rotatable bonds is 4. The van der Waals surface area contributed by atoms with Crippen LogP contribution in [0.4, 0.5) is 0 Å². The molecule has 114 valence electrons. The highest BCUT2D eigenvalue weighted by molar-refractivity contribution is 7.11. The number of fused-ring (bicyclic) bond motifs is 2. The van der Waals surface area contributed by atoms with Crippen LogP contribution in [0.3, 0.4) is 0 Å². The zero-order valence-corrected chi connectivity index (χ0v) is 12.9. The van der Waals surface area contributed by atoms with Gasteiger partial charge in [-0.05, 0) is 43.1 Å². The van der Waals surface area contributed by atoms with E-state index in [-0.39, 0.29) is 5.91 Å². The molecule has 6 heteroatoms. The van der Waals surface area contributed by atoms with Gasteiger partial charge in [0.15, 0.2) is 0 Å². The summed E-state index contributed by atoms with van der Waals surface area (Å²) in [6, 6.07) is 7.51. The Hall–Kier alpha value is -1.92. The second-order valence-corrected chi connectivity index (χ2v) is 6.67. The van der Waals surface area contributed by atoms with Gasteiger partial charge >= 0.3 is 0 Å². The van der Waals surface area contributed by atoms with Gasteiger partial charge < -0.3 is 15.0 Å². The summed E-state index contributed by atoms with van der Waals surface area (Å²) in [6.45, 7) is 3.30. The number of piperidine rings is 1. The maximum atomic E-state index is 12.3. The molecule has 1 amide bonds. The fraction of sp³-hybridized carbons (Fsp3) is 0.375. The predicted octanol–water partition coefficient (Wildman–Crippen LogP) is 2.37. The van der Waals surface area contributed by atoms with Crippen LogP contribution >= 0.6 is 11.3 Å². The third-order valence-electron chi connectivity index (χ3n) is 4.38. The molecule has 22 heavy (non-hydrogen) atoms. The minimum absolute atomic E-state index is 0.000418. The minimum atomic E-state index is -0.000418. The summed E-state index contributed by atoms with van der Waals surface area (Å²) in [5.74, 6) is 1.31. The molecular weight excluding hydrogens is 298 g/mol. The van der Waals surface area contributed by atoms with Gasteiger partial charge in [-0.1, -0.05) is 11.3 Å². The molecule has 2 aliphatic rings. The molecule has 2 unspecified atom stereocenters. The second-order valence-electron chi connectivity index (χ2n) is 5.81. The molecule has 3 atom stereocenters. The van der Waals surface area contributed by atoms with Crippen molar-refractivity contribution in [3.05, 3.63) is 41.4 Å². The minimum Gasteiger partial charge on any atom is -0.431 e. The number of carbonyl (C=O) groups excluding carboxylic acids is 1. The Morgan fingerprint density at radius 3 is 2.82 bits per heavy atom. The number of aromatic nitrogens is 1. The number of ether oxygens (including phenoxy) is 1. The van der Waals surface area contributed by atoms with Crippen molar-refractivity contribution in [3.8, 4) is 10.9 Å². The number of nitrogens with zero attached hydrogens (tertiary/aromatic N) is 2. The molecule has 2 aromatic rings. The van der Waals surface area contributed by atoms with Crippen molar-refractivity contribution in [3.63, 3.8) is 0 Å². The monoisotopic (exact) mass is 315 g/mol. The highest BCUT2D eigenvalue weighted by Crippen LogP contribution is 2.28. The summed E-state index contributed by atoms with van der Waals surface area (Å²) in [5, 5.41) is 5.63. The highest BCUT2D eigenvalue weighted by Gasteiger charge is 2.38. The van der Waals surface area contributed by atoms with Crippen LogP contribution in [0.1, 0.15) is 16.8 Å². The van der Waals surface area contributed by atoms with Crippen molar-refractivity contribution in [1.29, 1.82) is 0 Å². The van der Waals surface area contributed by atoms with Gasteiger partial charge in [-0.25, -0.2) is 4.98 Å². The first-order chi connectivity index (χ1) is 10.8. The van der Waals surface area contributed by atoms with Crippen molar-refractivity contribution in [2.45, 2.75) is 12.5 Å². The number of thiazole rings is 1. The van der Waals surface area contributed by atoms with Crippen molar-refractivity contribution in [2.24, 2.45) is 5.92 Å². The van der Waals surface area contributed by atoms with E-state index in [1.54, 1.807) is 30.5 Å². The van der Waals surface area contributed by atoms with Crippen LogP contribution in [0.25, 0.3) is 0 Å². The SMILES string of the molecule is O=C(NC1CN2CC[C@H]1C2)c1ccc(Oc2nccs2)cc1. The number of hydrogen-bond donors (Lipinski definition) is 1. The second kappa shape index (κ2) is 5.70. The van der Waals surface area contributed by atoms with Crippen molar-refractivity contribution >= 4 is 17.2 Å². The van der Waals surface area contributed by atoms with E-state index in [4.69, 9.17) is 4.74 Å². The first kappa shape index (κ1) is 13.7. The van der Waals surface area contributed by atoms with Crippen molar-refractivity contribution < 1.29 is 9.53 Å². The largest absolute Gasteiger partial charge is 0.431 e. The molecule has 2 aliphatic heterocycles. The van der Waals surface area contributed by atoms with Crippen LogP contribution in [0.15, 0.2) is 35.8 Å². The number of amides is 1. The Morgan fingerprint density at radius 1 is 1.32 bits per heavy atom. The van der Waals surface area contributed by atoms with Gasteiger partial charge in [0.1, 0.15) is 5.75 Å². The van der Waals surface area contributed by atoms with Gasteiger partial charge in [0, 0.05) is 36.3 Å². The number of benzene rings is 1. The highest BCUT2D eigenvalue weighted by atomic mass is 32.1. The van der Waals surface area contributed by atoms with E-state index in [1.807, 2.05) is 5.38 Å². The number of carbonyl (C=O) groups is 1. The lowest BCUT2D eigenvalue weighted by atomic mass is 9.99. The zero-order chi connectivity index (χ0) is 14.9. The topological polar surface area (TPSA) is 54.5 Å². The number of nitrogens with one attached hydrogen (secondary N) is 1. The predicted molar refractivity (Wildman–Crippen MR) is 84.4 cm³/mol. The standard InChI is InChI=1S/C16H17N3O2S/c20-15(18-14-10-19-7-5-12(14)9-19)11-1-3-13(4-2-11)21-16-17-6-8-22-16/h1-4,6,8,12,14H,5,7,9-10H2,(H,18,20)/t12-,14?/m0/s1. The van der Waals surface area contributed by atoms with Crippen molar-refractivity contribution in [2.75, 3.05) is 19.6 Å². The Bertz CT molecular complexity index is 657. The lowest BCUT2D eigenvalue weighted by Crippen LogP contribution is -2.43. The molecule has 0 spiro atoms. The summed E-state index contributed by atoms with van der Waals surface area (Å²) >= 11 is 1.44. The molecule has 4 rings (SSSR count). The van der Waals surface area contributed by atoms with E-state index >= 15 is 0 Å². The average Bonchev–Trinajstić information content (AvgIpc) is 3.25. The van der Waals surface area contributed by atoms with E-state index < -0.39 is 0 Å². The number of hydrogen-bond acceptors (Lipinski definition) is 5. The van der Waals surface area contributed by atoms with E-state index in [2.05, 4.69) is 15.2 Å². The third kappa shape index (κ3) is 2.71. The molecule has 1 N–H and O–H groups in total. The summed E-state index contributed by atoms with van der Waals surface area (Å²) in [7, 11) is 0. The summed E-state index contributed by atoms with van der Waals surface area (Å²) in [4.78, 5) is 18.8. The fourth-order valence-corrected chi connectivity index (χ4v) is 3.74. The molecule has 5 nitrogen and oxygen atoms in total. The normalized spacial score (nSPS) is 26.1. The van der Waals surface area contributed by atoms with Crippen LogP contribution in [-0.2, 0) is 0 Å². The first-order valence-corrected chi connectivity index (χ1v) is 8.36. The van der Waals surface area contributed by atoms with Crippen LogP contribution in [0.2, 0.25) is 0 Å². The molecule has 2 bridgehead atoms. The molecule has 1 aromatic carbocycles. The Labute approximate surface area is 132 Å². The van der Waals surface area contributed by atoms with Gasteiger partial charge in [0.25, 0.3) is 11.1 Å². The quantitative estimate of drug-likeness (QED) is 0.941. The smallest absolute Gasteiger partial charge is 0.278 e. The molecule has 0 aliphatic carbocycles. The van der Waals surface area contributed by atoms with E-state index in [0.29, 0.717) is 28.5 Å². The van der Waals surface area contributed by atoms with Gasteiger partial charge in [0.2, 0.25) is 0 Å². The van der Waals surface area contributed by atoms with Crippen LogP contribution in [0, 0.1) is 5.92 Å². The maximum absolute atomic E-state index is 12.3. The molecule has 3 heterocycles. The molecule has 2 fully saturated rings. The summed E-state index contributed by atoms with van der Waals surface area (Å²) in [5.41, 5.74) is 0.671. The Balaban J connectivity index is 1.38. The van der Waals surface area contributed by atoms with Gasteiger partial charge in [-0.2, -0.15) is 0 Å². The molecule has 1 aromatic heterocycles. The summed E-state index contributed by atoms with van der Waals surface area (Å²) in [6.07, 6.45) is 2.90. The average molecular weight is 315 g/mol. The molecule has 0 radical (unpaired) electrons. The van der Waals surface area contributed by atoms with E-state index in [1.165, 1.54) is 24.3 Å². The molecule has 0 saturated carbocycles. The van der Waals surface area contributed by atoms with Crippen LogP contribution < -0.4 is 10.1 Å². The first-order valence-electron chi connectivity index (χ1n) is 7.48. The van der Waals surface area contributed by atoms with Crippen molar-refractivity contribution in [1.82, 2.24) is 15.2 Å². The van der Waals surface area contributed by atoms with Crippen LogP contribution in [0.5, 0.6) is 10.9 Å². The lowest BCUT2D eigenvalue weighted by molar-refractivity contribution is 0.0924. The van der Waals surface area contributed by atoms with Gasteiger partial charge in [-0.3, -0.25) is 4.79 Å². The van der Waals surface area contributed by atoms with Gasteiger partial charge in [0.05, 0.1) is 0 Å². The fourth-order valence-electron chi connectivity index (χ4n) is 3.24. The summed E-state index contributed by atoms with van der Waals surface area (Å²) < 4.78 is 5.60. The Kier molecular flexibility index (Phi) is 3.56. The van der Waals surface area contributed by atoms with Crippen LogP contribution in [-0.4, -0.2) is 41.5 Å². The Morgan fingerprint density at radius 2 is 2.18 bits per heavy atom. The maximum Gasteiger partial charge on any atom is 0.278 e. The zero-order valence-electron chi connectivity index (χ0n) is 12.1. The lowest BCUT2D eigenvalue weighted by Gasteiger charge is -2.23.